The Kier molecular flexibility index (Phi) is 3.70. The van der Waals surface area contributed by atoms with Crippen LogP contribution in [0.1, 0.15) is 18.3 Å². The molecule has 100 valence electrons. The van der Waals surface area contributed by atoms with Gasteiger partial charge < -0.3 is 17.2 Å². The Morgan fingerprint density at radius 3 is 2.26 bits per heavy atom. The van der Waals surface area contributed by atoms with Crippen molar-refractivity contribution in [3.8, 4) is 0 Å². The lowest BCUT2D eigenvalue weighted by molar-refractivity contribution is 0.873. The SMILES string of the molecule is CCc1nc(N)c(C)c(Sc2nc(N)cc(N)n2)n1. The smallest absolute Gasteiger partial charge is 0.197 e. The molecule has 7 nitrogen and oxygen atoms in total. The Morgan fingerprint density at radius 2 is 1.68 bits per heavy atom. The summed E-state index contributed by atoms with van der Waals surface area (Å²) in [6, 6.07) is 1.50. The lowest BCUT2D eigenvalue weighted by atomic mass is 10.3. The van der Waals surface area contributed by atoms with Gasteiger partial charge in [0.1, 0.15) is 28.3 Å². The number of hydrogen-bond donors (Lipinski definition) is 3. The van der Waals surface area contributed by atoms with E-state index in [2.05, 4.69) is 19.9 Å². The third-order valence-corrected chi connectivity index (χ3v) is 3.39. The van der Waals surface area contributed by atoms with Crippen LogP contribution in [0.25, 0.3) is 0 Å². The molecule has 2 aromatic rings. The zero-order chi connectivity index (χ0) is 14.0. The maximum absolute atomic E-state index is 5.86. The summed E-state index contributed by atoms with van der Waals surface area (Å²) >= 11 is 1.27. The Hall–Kier alpha value is -2.09. The monoisotopic (exact) mass is 277 g/mol. The van der Waals surface area contributed by atoms with Crippen molar-refractivity contribution in [1.29, 1.82) is 0 Å². The summed E-state index contributed by atoms with van der Waals surface area (Å²) in [6.45, 7) is 3.82. The minimum atomic E-state index is 0.324. The number of anilines is 3. The fraction of sp³-hybridized carbons (Fsp3) is 0.273. The molecule has 2 aromatic heterocycles. The number of nitrogen functional groups attached to an aromatic ring is 3. The van der Waals surface area contributed by atoms with Gasteiger partial charge in [0, 0.05) is 18.1 Å². The molecule has 0 aliphatic heterocycles. The first kappa shape index (κ1) is 13.3. The number of aryl methyl sites for hydroxylation is 1. The van der Waals surface area contributed by atoms with Crippen molar-refractivity contribution in [3.05, 3.63) is 17.5 Å². The summed E-state index contributed by atoms with van der Waals surface area (Å²) < 4.78 is 0. The van der Waals surface area contributed by atoms with E-state index in [1.54, 1.807) is 0 Å². The highest BCUT2D eigenvalue weighted by molar-refractivity contribution is 7.99. The predicted molar refractivity (Wildman–Crippen MR) is 75.5 cm³/mol. The summed E-state index contributed by atoms with van der Waals surface area (Å²) in [4.78, 5) is 16.8. The lowest BCUT2D eigenvalue weighted by Crippen LogP contribution is -2.04. The van der Waals surface area contributed by atoms with E-state index in [0.29, 0.717) is 39.9 Å². The minimum absolute atomic E-state index is 0.324. The topological polar surface area (TPSA) is 130 Å². The van der Waals surface area contributed by atoms with Crippen LogP contribution in [0.15, 0.2) is 16.2 Å². The van der Waals surface area contributed by atoms with Crippen LogP contribution in [-0.2, 0) is 6.42 Å². The third kappa shape index (κ3) is 3.02. The lowest BCUT2D eigenvalue weighted by Gasteiger charge is -2.08. The summed E-state index contributed by atoms with van der Waals surface area (Å²) in [7, 11) is 0. The number of rotatable bonds is 3. The Balaban J connectivity index is 2.39. The van der Waals surface area contributed by atoms with Crippen molar-refractivity contribution in [2.24, 2.45) is 0 Å². The van der Waals surface area contributed by atoms with Gasteiger partial charge in [0.25, 0.3) is 0 Å². The predicted octanol–water partition coefficient (Wildman–Crippen LogP) is 1.04. The molecule has 0 spiro atoms. The first-order valence-corrected chi connectivity index (χ1v) is 6.52. The van der Waals surface area contributed by atoms with Gasteiger partial charge in [-0.15, -0.1) is 0 Å². The van der Waals surface area contributed by atoms with Gasteiger partial charge in [-0.2, -0.15) is 0 Å². The minimum Gasteiger partial charge on any atom is -0.383 e. The molecule has 0 atom stereocenters. The fourth-order valence-corrected chi connectivity index (χ4v) is 2.29. The summed E-state index contributed by atoms with van der Waals surface area (Å²) in [5.41, 5.74) is 17.9. The van der Waals surface area contributed by atoms with E-state index in [4.69, 9.17) is 17.2 Å². The second-order valence-corrected chi connectivity index (χ2v) is 4.87. The van der Waals surface area contributed by atoms with Crippen molar-refractivity contribution in [3.63, 3.8) is 0 Å². The number of nitrogens with zero attached hydrogens (tertiary/aromatic N) is 4. The Bertz CT molecular complexity index is 594. The van der Waals surface area contributed by atoms with Gasteiger partial charge in [0.2, 0.25) is 0 Å². The van der Waals surface area contributed by atoms with Crippen molar-refractivity contribution >= 4 is 29.2 Å². The molecule has 0 aliphatic carbocycles. The van der Waals surface area contributed by atoms with Gasteiger partial charge >= 0.3 is 0 Å². The number of aromatic nitrogens is 4. The maximum Gasteiger partial charge on any atom is 0.197 e. The average molecular weight is 277 g/mol. The highest BCUT2D eigenvalue weighted by atomic mass is 32.2. The molecule has 0 unspecified atom stereocenters. The van der Waals surface area contributed by atoms with Crippen LogP contribution in [0.2, 0.25) is 0 Å². The van der Waals surface area contributed by atoms with Crippen molar-refractivity contribution in [2.45, 2.75) is 30.5 Å². The van der Waals surface area contributed by atoms with Gasteiger partial charge in [-0.05, 0) is 18.7 Å². The average Bonchev–Trinajstić information content (AvgIpc) is 2.33. The van der Waals surface area contributed by atoms with Crippen molar-refractivity contribution in [1.82, 2.24) is 19.9 Å². The molecule has 2 rings (SSSR count). The van der Waals surface area contributed by atoms with Crippen LogP contribution in [0.4, 0.5) is 17.5 Å². The zero-order valence-electron chi connectivity index (χ0n) is 10.7. The standard InChI is InChI=1S/C11H15N7S/c1-3-8-17-9(14)5(2)10(18-8)19-11-15-6(12)4-7(13)16-11/h4H,3H2,1-2H3,(H2,14,17,18)(H4,12,13,15,16). The third-order valence-electron chi connectivity index (χ3n) is 2.43. The molecule has 6 N–H and O–H groups in total. The van der Waals surface area contributed by atoms with Crippen LogP contribution in [0.5, 0.6) is 0 Å². The highest BCUT2D eigenvalue weighted by Crippen LogP contribution is 2.29. The molecule has 0 saturated heterocycles. The van der Waals surface area contributed by atoms with Crippen LogP contribution in [0.3, 0.4) is 0 Å². The van der Waals surface area contributed by atoms with Gasteiger partial charge in [0.15, 0.2) is 5.16 Å². The molecule has 2 heterocycles. The summed E-state index contributed by atoms with van der Waals surface area (Å²) in [5.74, 6) is 1.80. The maximum atomic E-state index is 5.86. The summed E-state index contributed by atoms with van der Waals surface area (Å²) in [5, 5.41) is 1.16. The number of hydrogen-bond acceptors (Lipinski definition) is 8. The van der Waals surface area contributed by atoms with Gasteiger partial charge in [-0.3, -0.25) is 0 Å². The molecule has 0 radical (unpaired) electrons. The normalized spacial score (nSPS) is 10.6. The first-order chi connectivity index (χ1) is 8.99. The van der Waals surface area contributed by atoms with Crippen LogP contribution >= 0.6 is 11.8 Å². The van der Waals surface area contributed by atoms with E-state index in [1.165, 1.54) is 17.8 Å². The van der Waals surface area contributed by atoms with Crippen LogP contribution in [0, 0.1) is 6.92 Å². The van der Waals surface area contributed by atoms with Crippen molar-refractivity contribution < 1.29 is 0 Å². The van der Waals surface area contributed by atoms with E-state index >= 15 is 0 Å². The van der Waals surface area contributed by atoms with E-state index in [1.807, 2.05) is 13.8 Å². The fourth-order valence-electron chi connectivity index (χ4n) is 1.41. The zero-order valence-corrected chi connectivity index (χ0v) is 11.5. The second-order valence-electron chi connectivity index (χ2n) is 3.91. The molecular weight excluding hydrogens is 262 g/mol. The molecule has 0 saturated carbocycles. The van der Waals surface area contributed by atoms with Crippen molar-refractivity contribution in [2.75, 3.05) is 17.2 Å². The molecule has 8 heteroatoms. The van der Waals surface area contributed by atoms with E-state index in [9.17, 15) is 0 Å². The van der Waals surface area contributed by atoms with E-state index in [0.717, 1.165) is 5.56 Å². The van der Waals surface area contributed by atoms with Crippen LogP contribution in [-0.4, -0.2) is 19.9 Å². The Morgan fingerprint density at radius 1 is 1.05 bits per heavy atom. The highest BCUT2D eigenvalue weighted by Gasteiger charge is 2.12. The van der Waals surface area contributed by atoms with Gasteiger partial charge in [-0.1, -0.05) is 6.92 Å². The largest absolute Gasteiger partial charge is 0.383 e. The quantitative estimate of drug-likeness (QED) is 0.560. The van der Waals surface area contributed by atoms with Crippen LogP contribution < -0.4 is 17.2 Å². The molecule has 0 amide bonds. The van der Waals surface area contributed by atoms with Gasteiger partial charge in [0.05, 0.1) is 0 Å². The van der Waals surface area contributed by atoms with E-state index in [-0.39, 0.29) is 0 Å². The molecule has 0 aromatic carbocycles. The molecule has 0 bridgehead atoms. The molecular formula is C11H15N7S. The molecule has 0 fully saturated rings. The summed E-state index contributed by atoms with van der Waals surface area (Å²) in [6.07, 6.45) is 0.706. The Labute approximate surface area is 115 Å². The first-order valence-electron chi connectivity index (χ1n) is 5.70. The molecule has 0 aliphatic rings. The number of nitrogens with two attached hydrogens (primary N) is 3. The van der Waals surface area contributed by atoms with Gasteiger partial charge in [-0.25, -0.2) is 19.9 Å². The van der Waals surface area contributed by atoms with E-state index < -0.39 is 0 Å². The molecule has 19 heavy (non-hydrogen) atoms. The second kappa shape index (κ2) is 5.27.